The molecule has 0 saturated carbocycles. The second-order valence-electron chi connectivity index (χ2n) is 3.35. The average molecular weight is 202 g/mol. The standard InChI is InChI=1S/C9H18O3Si/c1-7(2)13(5)12-8(3)6-9(10)11-4/h6-7,13H,1-5H3. The van der Waals surface area contributed by atoms with Crippen LogP contribution in [-0.2, 0) is 14.0 Å². The van der Waals surface area contributed by atoms with Crippen molar-refractivity contribution in [3.63, 3.8) is 0 Å². The van der Waals surface area contributed by atoms with Gasteiger partial charge in [-0.15, -0.1) is 0 Å². The first-order valence-corrected chi connectivity index (χ1v) is 6.69. The maximum absolute atomic E-state index is 10.8. The molecular weight excluding hydrogens is 184 g/mol. The van der Waals surface area contributed by atoms with Crippen molar-refractivity contribution in [3.8, 4) is 0 Å². The summed E-state index contributed by atoms with van der Waals surface area (Å²) in [6, 6.07) is 0. The normalized spacial score (nSPS) is 14.2. The predicted octanol–water partition coefficient (Wildman–Crippen LogP) is 1.84. The van der Waals surface area contributed by atoms with Gasteiger partial charge in [-0.1, -0.05) is 13.8 Å². The van der Waals surface area contributed by atoms with E-state index in [0.717, 1.165) is 0 Å². The topological polar surface area (TPSA) is 35.5 Å². The first-order chi connectivity index (χ1) is 5.97. The third-order valence-electron chi connectivity index (χ3n) is 1.83. The second kappa shape index (κ2) is 5.80. The van der Waals surface area contributed by atoms with Crippen molar-refractivity contribution in [2.45, 2.75) is 32.9 Å². The fraction of sp³-hybridized carbons (Fsp3) is 0.667. The van der Waals surface area contributed by atoms with E-state index in [4.69, 9.17) is 4.43 Å². The number of hydrogen-bond donors (Lipinski definition) is 0. The van der Waals surface area contributed by atoms with Crippen LogP contribution in [-0.4, -0.2) is 22.1 Å². The predicted molar refractivity (Wildman–Crippen MR) is 55.0 cm³/mol. The number of carbonyl (C=O) groups excluding carboxylic acids is 1. The molecule has 0 aromatic rings. The molecule has 0 aliphatic rings. The Balaban J connectivity index is 4.06. The first kappa shape index (κ1) is 12.2. The van der Waals surface area contributed by atoms with Crippen molar-refractivity contribution in [1.29, 1.82) is 0 Å². The van der Waals surface area contributed by atoms with Crippen LogP contribution in [0.25, 0.3) is 0 Å². The molecule has 0 aromatic heterocycles. The van der Waals surface area contributed by atoms with Crippen LogP contribution in [0.15, 0.2) is 11.8 Å². The van der Waals surface area contributed by atoms with Gasteiger partial charge in [0.15, 0.2) is 0 Å². The minimum absolute atomic E-state index is 0.359. The molecule has 0 bridgehead atoms. The molecule has 3 nitrogen and oxygen atoms in total. The van der Waals surface area contributed by atoms with E-state index in [1.165, 1.54) is 13.2 Å². The Morgan fingerprint density at radius 2 is 2.00 bits per heavy atom. The van der Waals surface area contributed by atoms with Gasteiger partial charge in [-0.3, -0.25) is 0 Å². The minimum atomic E-state index is -1.18. The minimum Gasteiger partial charge on any atom is -0.549 e. The summed E-state index contributed by atoms with van der Waals surface area (Å²) in [4.78, 5) is 10.8. The molecule has 0 aliphatic carbocycles. The average Bonchev–Trinajstić information content (AvgIpc) is 2.03. The molecule has 0 fully saturated rings. The lowest BCUT2D eigenvalue weighted by molar-refractivity contribution is -0.135. The molecule has 0 amide bonds. The van der Waals surface area contributed by atoms with Gasteiger partial charge >= 0.3 is 5.97 Å². The maximum atomic E-state index is 10.8. The molecule has 1 unspecified atom stereocenters. The first-order valence-electron chi connectivity index (χ1n) is 4.40. The van der Waals surface area contributed by atoms with Gasteiger partial charge in [-0.05, 0) is 19.0 Å². The van der Waals surface area contributed by atoms with E-state index < -0.39 is 9.04 Å². The van der Waals surface area contributed by atoms with Crippen LogP contribution in [0.5, 0.6) is 0 Å². The molecule has 13 heavy (non-hydrogen) atoms. The fourth-order valence-electron chi connectivity index (χ4n) is 0.688. The van der Waals surface area contributed by atoms with Crippen LogP contribution in [0.3, 0.4) is 0 Å². The summed E-state index contributed by atoms with van der Waals surface area (Å²) in [6.07, 6.45) is 1.38. The van der Waals surface area contributed by atoms with Crippen molar-refractivity contribution in [2.24, 2.45) is 0 Å². The van der Waals surface area contributed by atoms with Crippen LogP contribution in [0.4, 0.5) is 0 Å². The SMILES string of the molecule is COC(=O)C=C(C)O[SiH](C)C(C)C. The Bertz CT molecular complexity index is 199. The fourth-order valence-corrected chi connectivity index (χ4v) is 1.61. The second-order valence-corrected chi connectivity index (χ2v) is 6.32. The van der Waals surface area contributed by atoms with Crippen molar-refractivity contribution >= 4 is 15.0 Å². The van der Waals surface area contributed by atoms with Gasteiger partial charge in [0.05, 0.1) is 18.9 Å². The number of methoxy groups -OCH3 is 1. The van der Waals surface area contributed by atoms with Gasteiger partial charge in [0.25, 0.3) is 0 Å². The Labute approximate surface area is 81.5 Å². The molecule has 0 aromatic carbocycles. The lowest BCUT2D eigenvalue weighted by Crippen LogP contribution is -2.16. The molecule has 0 rings (SSSR count). The number of ether oxygens (including phenoxy) is 1. The molecule has 0 heterocycles. The Morgan fingerprint density at radius 1 is 1.46 bits per heavy atom. The molecule has 0 spiro atoms. The summed E-state index contributed by atoms with van der Waals surface area (Å²) in [5.41, 5.74) is 0.570. The highest BCUT2D eigenvalue weighted by molar-refractivity contribution is 6.52. The van der Waals surface area contributed by atoms with Crippen LogP contribution < -0.4 is 0 Å². The molecule has 0 radical (unpaired) electrons. The summed E-state index contributed by atoms with van der Waals surface area (Å²) in [5.74, 6) is 0.294. The summed E-state index contributed by atoms with van der Waals surface area (Å²) >= 11 is 0. The lowest BCUT2D eigenvalue weighted by Gasteiger charge is -2.16. The summed E-state index contributed by atoms with van der Waals surface area (Å²) in [6.45, 7) is 8.15. The van der Waals surface area contributed by atoms with Crippen molar-refractivity contribution in [2.75, 3.05) is 7.11 Å². The van der Waals surface area contributed by atoms with E-state index in [0.29, 0.717) is 11.3 Å². The molecule has 0 N–H and O–H groups in total. The Hall–Kier alpha value is -0.773. The third-order valence-corrected chi connectivity index (χ3v) is 4.45. The van der Waals surface area contributed by atoms with Gasteiger partial charge in [0.1, 0.15) is 0 Å². The summed E-state index contributed by atoms with van der Waals surface area (Å²) in [5, 5.41) is 0. The number of carbonyl (C=O) groups is 1. The van der Waals surface area contributed by atoms with Crippen molar-refractivity contribution in [1.82, 2.24) is 0 Å². The number of allylic oxidation sites excluding steroid dienone is 1. The molecular formula is C9H18O3Si. The van der Waals surface area contributed by atoms with Gasteiger partial charge in [0, 0.05) is 0 Å². The highest BCUT2D eigenvalue weighted by atomic mass is 28.3. The molecule has 0 saturated heterocycles. The summed E-state index contributed by atoms with van der Waals surface area (Å²) in [7, 11) is 0.177. The number of rotatable bonds is 4. The zero-order chi connectivity index (χ0) is 10.4. The molecule has 1 atom stereocenters. The van der Waals surface area contributed by atoms with Crippen molar-refractivity contribution < 1.29 is 14.0 Å². The van der Waals surface area contributed by atoms with Gasteiger partial charge in [-0.2, -0.15) is 0 Å². The van der Waals surface area contributed by atoms with Gasteiger partial charge in [0.2, 0.25) is 9.04 Å². The molecule has 0 aliphatic heterocycles. The van der Waals surface area contributed by atoms with E-state index in [2.05, 4.69) is 25.1 Å². The lowest BCUT2D eigenvalue weighted by atomic mass is 10.5. The maximum Gasteiger partial charge on any atom is 0.333 e. The van der Waals surface area contributed by atoms with E-state index in [-0.39, 0.29) is 5.97 Å². The van der Waals surface area contributed by atoms with Crippen molar-refractivity contribution in [3.05, 3.63) is 11.8 Å². The van der Waals surface area contributed by atoms with Crippen LogP contribution in [0, 0.1) is 0 Å². The molecule has 4 heteroatoms. The van der Waals surface area contributed by atoms with E-state index in [1.54, 1.807) is 6.92 Å². The van der Waals surface area contributed by atoms with Crippen LogP contribution >= 0.6 is 0 Å². The van der Waals surface area contributed by atoms with Gasteiger partial charge in [-0.25, -0.2) is 4.79 Å². The number of esters is 1. The Kier molecular flexibility index (Phi) is 5.46. The zero-order valence-corrected chi connectivity index (χ0v) is 10.1. The molecule has 76 valence electrons. The van der Waals surface area contributed by atoms with Gasteiger partial charge < -0.3 is 9.16 Å². The Morgan fingerprint density at radius 3 is 2.38 bits per heavy atom. The highest BCUT2D eigenvalue weighted by Gasteiger charge is 2.11. The quantitative estimate of drug-likeness (QED) is 0.302. The largest absolute Gasteiger partial charge is 0.549 e. The monoisotopic (exact) mass is 202 g/mol. The van der Waals surface area contributed by atoms with E-state index in [1.807, 2.05) is 0 Å². The van der Waals surface area contributed by atoms with E-state index in [9.17, 15) is 4.79 Å². The third kappa shape index (κ3) is 5.46. The van der Waals surface area contributed by atoms with Crippen LogP contribution in [0.1, 0.15) is 20.8 Å². The number of hydrogen-bond acceptors (Lipinski definition) is 3. The smallest absolute Gasteiger partial charge is 0.333 e. The summed E-state index contributed by atoms with van der Waals surface area (Å²) < 4.78 is 10.1. The van der Waals surface area contributed by atoms with Crippen LogP contribution in [0.2, 0.25) is 12.1 Å². The highest BCUT2D eigenvalue weighted by Crippen LogP contribution is 2.11. The van der Waals surface area contributed by atoms with E-state index >= 15 is 0 Å². The zero-order valence-electron chi connectivity index (χ0n) is 8.96.